The maximum absolute atomic E-state index is 5.03. The van der Waals surface area contributed by atoms with Crippen LogP contribution in [0.5, 0.6) is 0 Å². The number of nitrogens with zero attached hydrogens (tertiary/aromatic N) is 2. The van der Waals surface area contributed by atoms with E-state index in [1.54, 1.807) is 19.5 Å². The van der Waals surface area contributed by atoms with Gasteiger partial charge in [-0.1, -0.05) is 0 Å². The van der Waals surface area contributed by atoms with Crippen LogP contribution in [0.25, 0.3) is 11.1 Å². The molecule has 0 aromatic carbocycles. The summed E-state index contributed by atoms with van der Waals surface area (Å²) in [4.78, 5) is 4.01. The van der Waals surface area contributed by atoms with Crippen LogP contribution in [0.2, 0.25) is 0 Å². The Morgan fingerprint density at radius 3 is 2.31 bits per heavy atom. The molecule has 0 aliphatic heterocycles. The van der Waals surface area contributed by atoms with Gasteiger partial charge < -0.3 is 4.74 Å². The predicted octanol–water partition coefficient (Wildman–Crippen LogP) is 1.68. The van der Waals surface area contributed by atoms with Crippen molar-refractivity contribution in [2.45, 2.75) is 6.54 Å². The molecule has 0 saturated carbocycles. The van der Waals surface area contributed by atoms with Gasteiger partial charge in [-0.25, -0.2) is 4.57 Å². The molecule has 3 heteroatoms. The lowest BCUT2D eigenvalue weighted by Gasteiger charge is -2.00. The van der Waals surface area contributed by atoms with Crippen molar-refractivity contribution in [1.82, 2.24) is 4.98 Å². The molecule has 0 aliphatic carbocycles. The second-order valence-electron chi connectivity index (χ2n) is 3.55. The Morgan fingerprint density at radius 2 is 1.69 bits per heavy atom. The first-order valence-electron chi connectivity index (χ1n) is 5.28. The lowest BCUT2D eigenvalue weighted by Crippen LogP contribution is -2.34. The fraction of sp³-hybridized carbons (Fsp3) is 0.231. The zero-order valence-corrected chi connectivity index (χ0v) is 9.34. The highest BCUT2D eigenvalue weighted by Gasteiger charge is 2.01. The molecule has 82 valence electrons. The first-order chi connectivity index (χ1) is 7.90. The molecule has 2 heterocycles. The molecule has 0 aliphatic rings. The summed E-state index contributed by atoms with van der Waals surface area (Å²) in [5, 5.41) is 0. The van der Waals surface area contributed by atoms with Crippen LogP contribution in [0.15, 0.2) is 49.1 Å². The summed E-state index contributed by atoms with van der Waals surface area (Å²) < 4.78 is 7.14. The predicted molar refractivity (Wildman–Crippen MR) is 61.7 cm³/mol. The largest absolute Gasteiger partial charge is 0.378 e. The lowest BCUT2D eigenvalue weighted by atomic mass is 10.1. The summed E-state index contributed by atoms with van der Waals surface area (Å²) in [6.45, 7) is 1.62. The summed E-state index contributed by atoms with van der Waals surface area (Å²) in [6.07, 6.45) is 7.74. The minimum absolute atomic E-state index is 0.735. The quantitative estimate of drug-likeness (QED) is 0.725. The number of aromatic nitrogens is 2. The number of rotatable bonds is 4. The van der Waals surface area contributed by atoms with Crippen molar-refractivity contribution in [1.29, 1.82) is 0 Å². The normalized spacial score (nSPS) is 10.3. The molecule has 2 rings (SSSR count). The van der Waals surface area contributed by atoms with E-state index >= 15 is 0 Å². The third kappa shape index (κ3) is 2.64. The van der Waals surface area contributed by atoms with Crippen molar-refractivity contribution in [3.05, 3.63) is 49.1 Å². The molecule has 0 atom stereocenters. The Morgan fingerprint density at radius 1 is 1.06 bits per heavy atom. The van der Waals surface area contributed by atoms with E-state index < -0.39 is 0 Å². The van der Waals surface area contributed by atoms with Gasteiger partial charge in [0, 0.05) is 31.6 Å². The molecule has 2 aromatic rings. The van der Waals surface area contributed by atoms with Crippen LogP contribution >= 0.6 is 0 Å². The summed E-state index contributed by atoms with van der Waals surface area (Å²) >= 11 is 0. The van der Waals surface area contributed by atoms with E-state index in [-0.39, 0.29) is 0 Å². The van der Waals surface area contributed by atoms with E-state index in [1.165, 1.54) is 11.1 Å². The van der Waals surface area contributed by atoms with Crippen molar-refractivity contribution in [3.63, 3.8) is 0 Å². The van der Waals surface area contributed by atoms with Gasteiger partial charge in [-0.05, 0) is 23.3 Å². The van der Waals surface area contributed by atoms with Crippen LogP contribution in [0.4, 0.5) is 0 Å². The molecule has 2 aromatic heterocycles. The van der Waals surface area contributed by atoms with Gasteiger partial charge in [-0.15, -0.1) is 0 Å². The molecule has 0 spiro atoms. The second kappa shape index (κ2) is 5.37. The SMILES string of the molecule is COCC[n+]1ccc(-c2ccncc2)cc1. The van der Waals surface area contributed by atoms with Gasteiger partial charge in [0.1, 0.15) is 6.61 Å². The first kappa shape index (κ1) is 10.8. The molecule has 0 radical (unpaired) electrons. The number of pyridine rings is 2. The summed E-state index contributed by atoms with van der Waals surface area (Å²) in [5.74, 6) is 0. The fourth-order valence-corrected chi connectivity index (χ4v) is 1.54. The Bertz CT molecular complexity index is 425. The Labute approximate surface area is 95.3 Å². The molecular formula is C13H15N2O+. The Kier molecular flexibility index (Phi) is 3.62. The number of hydrogen-bond donors (Lipinski definition) is 0. The number of methoxy groups -OCH3 is 1. The van der Waals surface area contributed by atoms with Gasteiger partial charge in [0.05, 0.1) is 0 Å². The van der Waals surface area contributed by atoms with Gasteiger partial charge in [0.2, 0.25) is 0 Å². The van der Waals surface area contributed by atoms with Crippen LogP contribution in [-0.2, 0) is 11.3 Å². The molecule has 0 amide bonds. The van der Waals surface area contributed by atoms with Crippen molar-refractivity contribution < 1.29 is 9.30 Å². The highest BCUT2D eigenvalue weighted by atomic mass is 16.5. The second-order valence-corrected chi connectivity index (χ2v) is 3.55. The molecule has 0 N–H and O–H groups in total. The van der Waals surface area contributed by atoms with E-state index in [9.17, 15) is 0 Å². The Hall–Kier alpha value is -1.74. The van der Waals surface area contributed by atoms with Crippen LogP contribution in [-0.4, -0.2) is 18.7 Å². The minimum atomic E-state index is 0.735. The maximum Gasteiger partial charge on any atom is 0.171 e. The third-order valence-corrected chi connectivity index (χ3v) is 2.46. The summed E-state index contributed by atoms with van der Waals surface area (Å²) in [5.41, 5.74) is 2.39. The van der Waals surface area contributed by atoms with Gasteiger partial charge in [0.15, 0.2) is 18.9 Å². The minimum Gasteiger partial charge on any atom is -0.378 e. The average molecular weight is 215 g/mol. The summed E-state index contributed by atoms with van der Waals surface area (Å²) in [6, 6.07) is 8.22. The van der Waals surface area contributed by atoms with Gasteiger partial charge in [-0.3, -0.25) is 4.98 Å². The topological polar surface area (TPSA) is 26.0 Å². The summed E-state index contributed by atoms with van der Waals surface area (Å²) in [7, 11) is 1.71. The smallest absolute Gasteiger partial charge is 0.171 e. The fourth-order valence-electron chi connectivity index (χ4n) is 1.54. The molecule has 3 nitrogen and oxygen atoms in total. The van der Waals surface area contributed by atoms with E-state index in [0.29, 0.717) is 0 Å². The van der Waals surface area contributed by atoms with Gasteiger partial charge in [-0.2, -0.15) is 0 Å². The van der Waals surface area contributed by atoms with Crippen LogP contribution < -0.4 is 4.57 Å². The maximum atomic E-state index is 5.03. The third-order valence-electron chi connectivity index (χ3n) is 2.46. The van der Waals surface area contributed by atoms with Crippen LogP contribution in [0, 0.1) is 0 Å². The van der Waals surface area contributed by atoms with E-state index in [1.807, 2.05) is 12.1 Å². The molecule has 0 saturated heterocycles. The van der Waals surface area contributed by atoms with Gasteiger partial charge in [0.25, 0.3) is 0 Å². The number of hydrogen-bond acceptors (Lipinski definition) is 2. The highest BCUT2D eigenvalue weighted by Crippen LogP contribution is 2.15. The van der Waals surface area contributed by atoms with E-state index in [0.717, 1.165) is 13.2 Å². The lowest BCUT2D eigenvalue weighted by molar-refractivity contribution is -0.698. The number of ether oxygens (including phenoxy) is 1. The van der Waals surface area contributed by atoms with E-state index in [2.05, 4.69) is 34.1 Å². The average Bonchev–Trinajstić information content (AvgIpc) is 2.38. The molecule has 0 fully saturated rings. The first-order valence-corrected chi connectivity index (χ1v) is 5.28. The van der Waals surface area contributed by atoms with Crippen molar-refractivity contribution >= 4 is 0 Å². The Balaban J connectivity index is 2.13. The molecule has 0 bridgehead atoms. The zero-order valence-electron chi connectivity index (χ0n) is 9.34. The molecular weight excluding hydrogens is 200 g/mol. The van der Waals surface area contributed by atoms with Crippen molar-refractivity contribution in [3.8, 4) is 11.1 Å². The van der Waals surface area contributed by atoms with Crippen molar-refractivity contribution in [2.75, 3.05) is 13.7 Å². The zero-order chi connectivity index (χ0) is 11.2. The van der Waals surface area contributed by atoms with Gasteiger partial charge >= 0.3 is 0 Å². The van der Waals surface area contributed by atoms with Crippen LogP contribution in [0.3, 0.4) is 0 Å². The van der Waals surface area contributed by atoms with Crippen molar-refractivity contribution in [2.24, 2.45) is 0 Å². The highest BCUT2D eigenvalue weighted by molar-refractivity contribution is 5.61. The molecule has 16 heavy (non-hydrogen) atoms. The monoisotopic (exact) mass is 215 g/mol. The molecule has 0 unspecified atom stereocenters. The van der Waals surface area contributed by atoms with Crippen LogP contribution in [0.1, 0.15) is 0 Å². The van der Waals surface area contributed by atoms with E-state index in [4.69, 9.17) is 4.74 Å². The standard InChI is InChI=1S/C13H15N2O/c1-16-11-10-15-8-4-13(5-9-15)12-2-6-14-7-3-12/h2-9H,10-11H2,1H3/q+1.